The minimum Gasteiger partial charge on any atom is -0.493 e. The van der Waals surface area contributed by atoms with Crippen LogP contribution in [0.25, 0.3) is 10.2 Å². The number of aryl methyl sites for hydroxylation is 1. The molecule has 4 rings (SSSR count). The largest absolute Gasteiger partial charge is 0.493 e. The zero-order chi connectivity index (χ0) is 21.1. The molecule has 0 bridgehead atoms. The third kappa shape index (κ3) is 4.14. The fraction of sp³-hybridized carbons (Fsp3) is 0.364. The lowest BCUT2D eigenvalue weighted by molar-refractivity contribution is -0.121. The van der Waals surface area contributed by atoms with Crippen LogP contribution in [0.4, 0.5) is 0 Å². The van der Waals surface area contributed by atoms with Gasteiger partial charge in [0.05, 0.1) is 24.5 Å². The van der Waals surface area contributed by atoms with Gasteiger partial charge in [0, 0.05) is 10.4 Å². The van der Waals surface area contributed by atoms with Gasteiger partial charge in [0.1, 0.15) is 17.1 Å². The van der Waals surface area contributed by atoms with Gasteiger partial charge in [0.25, 0.3) is 11.5 Å². The number of carbonyl (C=O) groups is 1. The van der Waals surface area contributed by atoms with Gasteiger partial charge in [-0.25, -0.2) is 10.4 Å². The van der Waals surface area contributed by atoms with Gasteiger partial charge in [-0.3, -0.25) is 14.2 Å². The van der Waals surface area contributed by atoms with Crippen molar-refractivity contribution in [3.8, 4) is 5.75 Å². The molecule has 0 aliphatic heterocycles. The summed E-state index contributed by atoms with van der Waals surface area (Å²) >= 11 is 1.60. The zero-order valence-corrected chi connectivity index (χ0v) is 17.9. The average molecular weight is 425 g/mol. The molecule has 1 aliphatic rings. The predicted molar refractivity (Wildman–Crippen MR) is 118 cm³/mol. The topological polar surface area (TPSA) is 85.6 Å². The molecule has 1 N–H and O–H groups in total. The number of carbonyl (C=O) groups excluding carboxylic acids is 1. The molecular weight excluding hydrogens is 400 g/mol. The van der Waals surface area contributed by atoms with Crippen molar-refractivity contribution in [3.05, 3.63) is 57.0 Å². The van der Waals surface area contributed by atoms with Crippen molar-refractivity contribution in [2.75, 3.05) is 6.61 Å². The Kier molecular flexibility index (Phi) is 5.94. The van der Waals surface area contributed by atoms with Crippen LogP contribution in [0.2, 0.25) is 0 Å². The second kappa shape index (κ2) is 8.79. The van der Waals surface area contributed by atoms with E-state index in [4.69, 9.17) is 4.74 Å². The van der Waals surface area contributed by atoms with Gasteiger partial charge in [-0.1, -0.05) is 19.1 Å². The number of ether oxygens (including phenoxy) is 1. The molecule has 3 aromatic rings. The minimum atomic E-state index is -0.388. The number of nitrogens with one attached hydrogen (secondary N) is 1. The number of para-hydroxylation sites is 1. The van der Waals surface area contributed by atoms with E-state index in [1.807, 2.05) is 31.2 Å². The normalized spacial score (nSPS) is 16.0. The molecule has 0 radical (unpaired) electrons. The fourth-order valence-electron chi connectivity index (χ4n) is 3.72. The number of hydrogen-bond acceptors (Lipinski definition) is 6. The van der Waals surface area contributed by atoms with Crippen LogP contribution in [0.15, 0.2) is 40.5 Å². The van der Waals surface area contributed by atoms with E-state index in [0.717, 1.165) is 35.2 Å². The minimum absolute atomic E-state index is 0.132. The first-order valence-electron chi connectivity index (χ1n) is 10.1. The number of benzene rings is 1. The zero-order valence-electron chi connectivity index (χ0n) is 17.1. The number of fused-ring (bicyclic) bond motifs is 3. The van der Waals surface area contributed by atoms with Crippen LogP contribution < -0.4 is 15.7 Å². The highest BCUT2D eigenvalue weighted by molar-refractivity contribution is 7.18. The number of hydrogen-bond donors (Lipinski definition) is 1. The fourth-order valence-corrected chi connectivity index (χ4v) is 5.06. The number of hydrazone groups is 1. The number of amides is 1. The molecule has 1 aromatic carbocycles. The summed E-state index contributed by atoms with van der Waals surface area (Å²) in [6, 6.07) is 7.44. The van der Waals surface area contributed by atoms with Crippen molar-refractivity contribution in [1.82, 2.24) is 15.0 Å². The third-order valence-corrected chi connectivity index (χ3v) is 6.37. The van der Waals surface area contributed by atoms with E-state index in [1.165, 1.54) is 22.0 Å². The van der Waals surface area contributed by atoms with E-state index in [2.05, 4.69) is 22.4 Å². The van der Waals surface area contributed by atoms with E-state index >= 15 is 0 Å². The molecule has 0 saturated heterocycles. The molecule has 1 atom stereocenters. The summed E-state index contributed by atoms with van der Waals surface area (Å²) in [5.74, 6) is 0.936. The second-order valence-corrected chi connectivity index (χ2v) is 8.56. The Morgan fingerprint density at radius 1 is 1.43 bits per heavy atom. The Morgan fingerprint density at radius 3 is 3.10 bits per heavy atom. The summed E-state index contributed by atoms with van der Waals surface area (Å²) < 4.78 is 6.89. The molecule has 0 spiro atoms. The Hall–Kier alpha value is -3.00. The van der Waals surface area contributed by atoms with Crippen molar-refractivity contribution in [2.24, 2.45) is 11.0 Å². The summed E-state index contributed by atoms with van der Waals surface area (Å²) in [7, 11) is 0. The summed E-state index contributed by atoms with van der Waals surface area (Å²) in [6.07, 6.45) is 5.94. The van der Waals surface area contributed by atoms with Crippen LogP contribution in [0.5, 0.6) is 5.75 Å². The van der Waals surface area contributed by atoms with E-state index in [1.54, 1.807) is 11.3 Å². The molecule has 156 valence electrons. The van der Waals surface area contributed by atoms with Gasteiger partial charge in [-0.05, 0) is 49.8 Å². The van der Waals surface area contributed by atoms with Crippen molar-refractivity contribution in [3.63, 3.8) is 0 Å². The first-order chi connectivity index (χ1) is 14.6. The van der Waals surface area contributed by atoms with Crippen molar-refractivity contribution in [2.45, 2.75) is 39.7 Å². The Bertz CT molecular complexity index is 1160. The van der Waals surface area contributed by atoms with Crippen molar-refractivity contribution in [1.29, 1.82) is 0 Å². The first kappa shape index (κ1) is 20.3. The van der Waals surface area contributed by atoms with E-state index < -0.39 is 0 Å². The van der Waals surface area contributed by atoms with E-state index in [-0.39, 0.29) is 18.0 Å². The molecule has 2 aromatic heterocycles. The standard InChI is InChI=1S/C22H24N4O3S/c1-3-29-17-7-5-4-6-15(17)11-24-25-19(27)12-26-13-23-21-20(22(26)28)16-9-8-14(2)10-18(16)30-21/h4-7,11,13-14H,3,8-10,12H2,1-2H3,(H,25,27)/t14-/m1/s1. The summed E-state index contributed by atoms with van der Waals surface area (Å²) in [4.78, 5) is 31.8. The highest BCUT2D eigenvalue weighted by atomic mass is 32.1. The molecule has 1 amide bonds. The predicted octanol–water partition coefficient (Wildman–Crippen LogP) is 3.13. The molecule has 8 heteroatoms. The summed E-state index contributed by atoms with van der Waals surface area (Å²) in [6.45, 7) is 4.55. The molecule has 30 heavy (non-hydrogen) atoms. The van der Waals surface area contributed by atoms with Gasteiger partial charge >= 0.3 is 0 Å². The highest BCUT2D eigenvalue weighted by Crippen LogP contribution is 2.35. The maximum absolute atomic E-state index is 13.0. The van der Waals surface area contributed by atoms with Crippen LogP contribution in [0, 0.1) is 5.92 Å². The molecule has 2 heterocycles. The second-order valence-electron chi connectivity index (χ2n) is 7.47. The number of rotatable bonds is 6. The van der Waals surface area contributed by atoms with Gasteiger partial charge in [0.2, 0.25) is 0 Å². The summed E-state index contributed by atoms with van der Waals surface area (Å²) in [5.41, 5.74) is 4.20. The van der Waals surface area contributed by atoms with Gasteiger partial charge in [-0.15, -0.1) is 11.3 Å². The van der Waals surface area contributed by atoms with Gasteiger partial charge in [0.15, 0.2) is 0 Å². The molecule has 0 fully saturated rings. The van der Waals surface area contributed by atoms with Crippen LogP contribution >= 0.6 is 11.3 Å². The smallest absolute Gasteiger partial charge is 0.262 e. The van der Waals surface area contributed by atoms with Crippen LogP contribution in [-0.2, 0) is 24.2 Å². The Balaban J connectivity index is 1.49. The van der Waals surface area contributed by atoms with Gasteiger partial charge < -0.3 is 4.74 Å². The first-order valence-corrected chi connectivity index (χ1v) is 10.9. The van der Waals surface area contributed by atoms with Crippen molar-refractivity contribution >= 4 is 33.7 Å². The quantitative estimate of drug-likeness (QED) is 0.487. The number of aromatic nitrogens is 2. The van der Waals surface area contributed by atoms with E-state index in [0.29, 0.717) is 23.7 Å². The van der Waals surface area contributed by atoms with Gasteiger partial charge in [-0.2, -0.15) is 5.10 Å². The van der Waals surface area contributed by atoms with E-state index in [9.17, 15) is 9.59 Å². The monoisotopic (exact) mass is 424 g/mol. The third-order valence-electron chi connectivity index (χ3n) is 5.21. The van der Waals surface area contributed by atoms with Crippen LogP contribution in [0.1, 0.15) is 36.3 Å². The lowest BCUT2D eigenvalue weighted by Crippen LogP contribution is -2.30. The Morgan fingerprint density at radius 2 is 2.27 bits per heavy atom. The highest BCUT2D eigenvalue weighted by Gasteiger charge is 2.23. The number of thiophene rings is 1. The number of nitrogens with zero attached hydrogens (tertiary/aromatic N) is 3. The molecule has 0 unspecified atom stereocenters. The SMILES string of the molecule is CCOc1ccccc1C=NNC(=O)Cn1cnc2sc3c(c2c1=O)CC[C@@H](C)C3. The van der Waals surface area contributed by atoms with Crippen molar-refractivity contribution < 1.29 is 9.53 Å². The molecule has 7 nitrogen and oxygen atoms in total. The Labute approximate surface area is 178 Å². The summed E-state index contributed by atoms with van der Waals surface area (Å²) in [5, 5.41) is 4.68. The molecule has 1 aliphatic carbocycles. The maximum Gasteiger partial charge on any atom is 0.262 e. The maximum atomic E-state index is 13.0. The molecular formula is C22H24N4O3S. The lowest BCUT2D eigenvalue weighted by Gasteiger charge is -2.17. The van der Waals surface area contributed by atoms with Crippen LogP contribution in [-0.4, -0.2) is 28.3 Å². The molecule has 0 saturated carbocycles. The van der Waals surface area contributed by atoms with Crippen LogP contribution in [0.3, 0.4) is 0 Å². The lowest BCUT2D eigenvalue weighted by atomic mass is 9.89. The average Bonchev–Trinajstić information content (AvgIpc) is 3.10.